The Kier molecular flexibility index (Phi) is 4.83. The van der Waals surface area contributed by atoms with E-state index in [0.29, 0.717) is 10.8 Å². The first-order chi connectivity index (χ1) is 9.42. The molecule has 0 amide bonds. The molecule has 0 radical (unpaired) electrons. The molecular formula is C15H23NO3S. The summed E-state index contributed by atoms with van der Waals surface area (Å²) in [5.74, 6) is 0.330. The number of hydrogen-bond acceptors (Lipinski definition) is 3. The van der Waals surface area contributed by atoms with Crippen molar-refractivity contribution in [1.82, 2.24) is 4.72 Å². The van der Waals surface area contributed by atoms with Crippen LogP contribution in [0.3, 0.4) is 0 Å². The summed E-state index contributed by atoms with van der Waals surface area (Å²) in [7, 11) is -3.44. The van der Waals surface area contributed by atoms with Crippen LogP contribution in [-0.4, -0.2) is 26.2 Å². The molecule has 0 unspecified atom stereocenters. The van der Waals surface area contributed by atoms with Crippen LogP contribution in [0.5, 0.6) is 0 Å². The van der Waals surface area contributed by atoms with Gasteiger partial charge in [0.05, 0.1) is 4.90 Å². The lowest BCUT2D eigenvalue weighted by Gasteiger charge is -2.28. The van der Waals surface area contributed by atoms with E-state index in [4.69, 9.17) is 5.11 Å². The predicted octanol–water partition coefficient (Wildman–Crippen LogP) is 2.13. The summed E-state index contributed by atoms with van der Waals surface area (Å²) in [4.78, 5) is 0.368. The van der Waals surface area contributed by atoms with Crippen molar-refractivity contribution < 1.29 is 13.5 Å². The molecule has 5 heteroatoms. The third kappa shape index (κ3) is 3.59. The van der Waals surface area contributed by atoms with Gasteiger partial charge in [-0.2, -0.15) is 0 Å². The predicted molar refractivity (Wildman–Crippen MR) is 79.1 cm³/mol. The minimum Gasteiger partial charge on any atom is -0.396 e. The van der Waals surface area contributed by atoms with Crippen LogP contribution in [-0.2, 0) is 10.0 Å². The molecule has 1 aromatic rings. The third-order valence-corrected chi connectivity index (χ3v) is 5.73. The zero-order valence-electron chi connectivity index (χ0n) is 12.1. The molecule has 0 aromatic heterocycles. The lowest BCUT2D eigenvalue weighted by Crippen LogP contribution is -2.38. The molecule has 1 fully saturated rings. The van der Waals surface area contributed by atoms with Crippen LogP contribution in [0.1, 0.15) is 36.8 Å². The van der Waals surface area contributed by atoms with Gasteiger partial charge in [0, 0.05) is 12.6 Å². The average molecular weight is 297 g/mol. The highest BCUT2D eigenvalue weighted by Gasteiger charge is 2.26. The van der Waals surface area contributed by atoms with Crippen molar-refractivity contribution in [2.45, 2.75) is 50.5 Å². The summed E-state index contributed by atoms with van der Waals surface area (Å²) in [5.41, 5.74) is 1.84. The lowest BCUT2D eigenvalue weighted by molar-refractivity contribution is 0.180. The van der Waals surface area contributed by atoms with Crippen LogP contribution in [0, 0.1) is 19.8 Å². The van der Waals surface area contributed by atoms with Crippen LogP contribution >= 0.6 is 0 Å². The Hall–Kier alpha value is -0.910. The van der Waals surface area contributed by atoms with Crippen molar-refractivity contribution in [2.24, 2.45) is 5.92 Å². The van der Waals surface area contributed by atoms with Gasteiger partial charge in [0.25, 0.3) is 0 Å². The number of hydrogen-bond donors (Lipinski definition) is 2. The molecule has 2 rings (SSSR count). The van der Waals surface area contributed by atoms with Gasteiger partial charge in [-0.3, -0.25) is 0 Å². The van der Waals surface area contributed by atoms with Gasteiger partial charge in [-0.15, -0.1) is 0 Å². The highest BCUT2D eigenvalue weighted by Crippen LogP contribution is 2.25. The molecule has 4 nitrogen and oxygen atoms in total. The van der Waals surface area contributed by atoms with Gasteiger partial charge < -0.3 is 5.11 Å². The first-order valence-electron chi connectivity index (χ1n) is 7.13. The van der Waals surface area contributed by atoms with Gasteiger partial charge in [-0.1, -0.05) is 17.7 Å². The van der Waals surface area contributed by atoms with E-state index in [-0.39, 0.29) is 12.6 Å². The number of aliphatic hydroxyl groups excluding tert-OH is 1. The summed E-state index contributed by atoms with van der Waals surface area (Å²) in [6, 6.07) is 5.37. The standard InChI is InChI=1S/C15H23NO3S/c1-11-3-8-15(12(2)9-11)20(18,19)16-14-6-4-13(10-17)5-7-14/h3,8-9,13-14,16-17H,4-7,10H2,1-2H3. The highest BCUT2D eigenvalue weighted by atomic mass is 32.2. The number of aliphatic hydroxyl groups is 1. The highest BCUT2D eigenvalue weighted by molar-refractivity contribution is 7.89. The van der Waals surface area contributed by atoms with Gasteiger partial charge in [0.1, 0.15) is 0 Å². The average Bonchev–Trinajstić information content (AvgIpc) is 2.38. The SMILES string of the molecule is Cc1ccc(S(=O)(=O)NC2CCC(CO)CC2)c(C)c1. The van der Waals surface area contributed by atoms with Gasteiger partial charge in [-0.25, -0.2) is 13.1 Å². The quantitative estimate of drug-likeness (QED) is 0.894. The van der Waals surface area contributed by atoms with Crippen molar-refractivity contribution in [3.8, 4) is 0 Å². The Bertz CT molecular complexity index is 560. The normalized spacial score (nSPS) is 23.8. The first kappa shape index (κ1) is 15.5. The molecule has 0 saturated heterocycles. The van der Waals surface area contributed by atoms with E-state index in [9.17, 15) is 8.42 Å². The smallest absolute Gasteiger partial charge is 0.241 e. The van der Waals surface area contributed by atoms with E-state index in [1.807, 2.05) is 26.0 Å². The van der Waals surface area contributed by atoms with E-state index in [0.717, 1.165) is 36.8 Å². The van der Waals surface area contributed by atoms with Crippen molar-refractivity contribution >= 4 is 10.0 Å². The fraction of sp³-hybridized carbons (Fsp3) is 0.600. The summed E-state index contributed by atoms with van der Waals surface area (Å²) in [6.45, 7) is 3.98. The van der Waals surface area contributed by atoms with Crippen LogP contribution in [0.2, 0.25) is 0 Å². The van der Waals surface area contributed by atoms with Crippen molar-refractivity contribution in [3.05, 3.63) is 29.3 Å². The topological polar surface area (TPSA) is 66.4 Å². The molecule has 0 atom stereocenters. The maximum Gasteiger partial charge on any atom is 0.241 e. The minimum atomic E-state index is -3.44. The van der Waals surface area contributed by atoms with E-state index < -0.39 is 10.0 Å². The molecule has 1 aliphatic rings. The first-order valence-corrected chi connectivity index (χ1v) is 8.61. The second-order valence-corrected chi connectivity index (χ2v) is 7.47. The van der Waals surface area contributed by atoms with Gasteiger partial charge in [0.15, 0.2) is 0 Å². The van der Waals surface area contributed by atoms with Crippen LogP contribution < -0.4 is 4.72 Å². The number of rotatable bonds is 4. The fourth-order valence-corrected chi connectivity index (χ4v) is 4.38. The zero-order valence-corrected chi connectivity index (χ0v) is 12.9. The van der Waals surface area contributed by atoms with E-state index in [1.165, 1.54) is 0 Å². The van der Waals surface area contributed by atoms with Crippen LogP contribution in [0.15, 0.2) is 23.1 Å². The van der Waals surface area contributed by atoms with Crippen molar-refractivity contribution in [2.75, 3.05) is 6.61 Å². The number of nitrogens with one attached hydrogen (secondary N) is 1. The summed E-state index contributed by atoms with van der Waals surface area (Å²) in [5, 5.41) is 9.11. The Morgan fingerprint density at radius 3 is 2.40 bits per heavy atom. The minimum absolute atomic E-state index is 0.0106. The molecule has 0 bridgehead atoms. The van der Waals surface area contributed by atoms with Crippen LogP contribution in [0.4, 0.5) is 0 Å². The summed E-state index contributed by atoms with van der Waals surface area (Å²) >= 11 is 0. The molecule has 0 heterocycles. The molecule has 2 N–H and O–H groups in total. The van der Waals surface area contributed by atoms with Gasteiger partial charge in [0.2, 0.25) is 10.0 Å². The van der Waals surface area contributed by atoms with E-state index in [2.05, 4.69) is 4.72 Å². The maximum atomic E-state index is 12.4. The largest absolute Gasteiger partial charge is 0.396 e. The molecular weight excluding hydrogens is 274 g/mol. The second kappa shape index (κ2) is 6.24. The molecule has 0 aliphatic heterocycles. The lowest BCUT2D eigenvalue weighted by atomic mass is 9.87. The van der Waals surface area contributed by atoms with Crippen LogP contribution in [0.25, 0.3) is 0 Å². The van der Waals surface area contributed by atoms with Gasteiger partial charge >= 0.3 is 0 Å². The third-order valence-electron chi connectivity index (χ3n) is 4.05. The van der Waals surface area contributed by atoms with E-state index in [1.54, 1.807) is 6.07 Å². The van der Waals surface area contributed by atoms with Gasteiger partial charge in [-0.05, 0) is 57.1 Å². The second-order valence-electron chi connectivity index (χ2n) is 5.79. The maximum absolute atomic E-state index is 12.4. The number of benzene rings is 1. The molecule has 0 spiro atoms. The summed E-state index contributed by atoms with van der Waals surface area (Å²) < 4.78 is 27.7. The number of aryl methyl sites for hydroxylation is 2. The molecule has 112 valence electrons. The van der Waals surface area contributed by atoms with Crippen molar-refractivity contribution in [3.63, 3.8) is 0 Å². The Morgan fingerprint density at radius 1 is 1.20 bits per heavy atom. The molecule has 1 aliphatic carbocycles. The molecule has 1 saturated carbocycles. The van der Waals surface area contributed by atoms with E-state index >= 15 is 0 Å². The Balaban J connectivity index is 2.08. The Labute approximate surface area is 121 Å². The zero-order chi connectivity index (χ0) is 14.8. The van der Waals surface area contributed by atoms with Crippen molar-refractivity contribution in [1.29, 1.82) is 0 Å². The fourth-order valence-electron chi connectivity index (χ4n) is 2.85. The molecule has 1 aromatic carbocycles. The Morgan fingerprint density at radius 2 is 1.85 bits per heavy atom. The number of sulfonamides is 1. The summed E-state index contributed by atoms with van der Waals surface area (Å²) in [6.07, 6.45) is 3.37. The molecule has 20 heavy (non-hydrogen) atoms. The monoisotopic (exact) mass is 297 g/mol.